The Morgan fingerprint density at radius 2 is 2.13 bits per heavy atom. The number of aromatic amines is 2. The summed E-state index contributed by atoms with van der Waals surface area (Å²) in [5.41, 5.74) is 5.08. The van der Waals surface area contributed by atoms with Gasteiger partial charge in [-0.1, -0.05) is 6.07 Å². The Morgan fingerprint density at radius 1 is 1.28 bits per heavy atom. The van der Waals surface area contributed by atoms with E-state index in [-0.39, 0.29) is 18.2 Å². The molecule has 0 radical (unpaired) electrons. The first kappa shape index (κ1) is 27.2. The van der Waals surface area contributed by atoms with Crippen LogP contribution in [0.15, 0.2) is 51.9 Å². The highest BCUT2D eigenvalue weighted by atomic mass is 79.9. The summed E-state index contributed by atoms with van der Waals surface area (Å²) in [7, 11) is 3.27. The van der Waals surface area contributed by atoms with Crippen molar-refractivity contribution in [3.05, 3.63) is 68.5 Å². The molecule has 11 heteroatoms. The lowest BCUT2D eigenvalue weighted by Crippen LogP contribution is -2.44. The molecule has 0 saturated carbocycles. The predicted molar refractivity (Wildman–Crippen MR) is 155 cm³/mol. The molecule has 0 spiro atoms. The van der Waals surface area contributed by atoms with E-state index in [4.69, 9.17) is 19.2 Å². The molecule has 4 N–H and O–H groups in total. The first-order valence-electron chi connectivity index (χ1n) is 12.7. The summed E-state index contributed by atoms with van der Waals surface area (Å²) in [6, 6.07) is 11.3. The number of rotatable bonds is 9. The third kappa shape index (κ3) is 5.81. The number of H-pyrrole nitrogens is 2. The molecule has 1 fully saturated rings. The molecule has 5 rings (SSSR count). The quantitative estimate of drug-likeness (QED) is 0.228. The molecule has 1 aliphatic rings. The van der Waals surface area contributed by atoms with Crippen LogP contribution < -0.4 is 20.5 Å². The second-order valence-electron chi connectivity index (χ2n) is 9.52. The summed E-state index contributed by atoms with van der Waals surface area (Å²) in [4.78, 5) is 26.1. The van der Waals surface area contributed by atoms with Gasteiger partial charge in [-0.15, -0.1) is 0 Å². The number of aliphatic hydroxyl groups is 1. The molecule has 2 aromatic carbocycles. The zero-order valence-corrected chi connectivity index (χ0v) is 23.7. The average Bonchev–Trinajstić information content (AvgIpc) is 3.36. The summed E-state index contributed by atoms with van der Waals surface area (Å²) >= 11 is 3.46. The Morgan fingerprint density at radius 3 is 2.90 bits per heavy atom. The van der Waals surface area contributed by atoms with Crippen LogP contribution in [0.2, 0.25) is 0 Å². The summed E-state index contributed by atoms with van der Waals surface area (Å²) in [5, 5.41) is 14.0. The second kappa shape index (κ2) is 11.8. The number of hydrogen-bond acceptors (Lipinski definition) is 8. The molecular formula is C28H32BrN5O5. The van der Waals surface area contributed by atoms with Crippen LogP contribution in [0, 0.1) is 6.92 Å². The largest absolute Gasteiger partial charge is 0.496 e. The molecule has 0 unspecified atom stereocenters. The lowest BCUT2D eigenvalue weighted by atomic mass is 10.1. The van der Waals surface area contributed by atoms with Crippen LogP contribution in [0.4, 0.5) is 11.4 Å². The predicted octanol–water partition coefficient (Wildman–Crippen LogP) is 3.99. The zero-order chi connectivity index (χ0) is 27.5. The van der Waals surface area contributed by atoms with Gasteiger partial charge in [0.15, 0.2) is 0 Å². The fourth-order valence-electron chi connectivity index (χ4n) is 4.89. The number of aryl methyl sites for hydroxylation is 1. The maximum absolute atomic E-state index is 13.0. The SMILES string of the molecule is COC[C@@H]1CN(c2cc(C)c3nc(-c4c(NC[C@@H](O)c5ccc(OC)c(Br)c5)cc[nH]c4=O)[nH]c3c2)CCO1. The summed E-state index contributed by atoms with van der Waals surface area (Å²) in [6.07, 6.45) is 0.781. The standard InChI is InChI=1S/C28H32BrN5O5/c1-16-10-18(34-8-9-39-19(14-34)15-37-2)12-22-26(16)33-27(32-22)25-21(6-7-30-28(25)36)31-13-23(35)17-4-5-24(38-3)20(29)11-17/h4-7,10-12,19,23,35H,8-9,13-15H2,1-3H3,(H,32,33)(H2,30,31,36)/t19-,23+/m0/s1. The molecule has 0 amide bonds. The minimum absolute atomic E-state index is 0.0166. The highest BCUT2D eigenvalue weighted by molar-refractivity contribution is 9.10. The van der Waals surface area contributed by atoms with Gasteiger partial charge in [-0.25, -0.2) is 4.98 Å². The smallest absolute Gasteiger partial charge is 0.261 e. The van der Waals surface area contributed by atoms with Crippen LogP contribution in [0.5, 0.6) is 5.75 Å². The minimum atomic E-state index is -0.810. The Balaban J connectivity index is 1.41. The number of nitrogens with zero attached hydrogens (tertiary/aromatic N) is 2. The Hall–Kier alpha value is -3.38. The summed E-state index contributed by atoms with van der Waals surface area (Å²) < 4.78 is 17.1. The van der Waals surface area contributed by atoms with Crippen molar-refractivity contribution < 1.29 is 19.3 Å². The first-order chi connectivity index (χ1) is 18.9. The molecule has 10 nitrogen and oxygen atoms in total. The van der Waals surface area contributed by atoms with Crippen molar-refractivity contribution in [2.24, 2.45) is 0 Å². The van der Waals surface area contributed by atoms with Gasteiger partial charge in [0.05, 0.1) is 53.7 Å². The van der Waals surface area contributed by atoms with E-state index in [0.29, 0.717) is 41.6 Å². The van der Waals surface area contributed by atoms with E-state index < -0.39 is 6.10 Å². The van der Waals surface area contributed by atoms with E-state index in [9.17, 15) is 9.90 Å². The van der Waals surface area contributed by atoms with Gasteiger partial charge < -0.3 is 39.5 Å². The maximum atomic E-state index is 13.0. The lowest BCUT2D eigenvalue weighted by Gasteiger charge is -2.34. The van der Waals surface area contributed by atoms with Gasteiger partial charge in [0.25, 0.3) is 5.56 Å². The van der Waals surface area contributed by atoms with E-state index in [1.54, 1.807) is 38.6 Å². The number of morpholine rings is 1. The highest BCUT2D eigenvalue weighted by Gasteiger charge is 2.23. The number of nitrogens with one attached hydrogen (secondary N) is 3. The first-order valence-corrected chi connectivity index (χ1v) is 13.5. The average molecular weight is 598 g/mol. The third-order valence-corrected chi connectivity index (χ3v) is 7.48. The van der Waals surface area contributed by atoms with Crippen LogP contribution >= 0.6 is 15.9 Å². The van der Waals surface area contributed by atoms with Gasteiger partial charge in [-0.3, -0.25) is 4.79 Å². The highest BCUT2D eigenvalue weighted by Crippen LogP contribution is 2.31. The maximum Gasteiger partial charge on any atom is 0.261 e. The van der Waals surface area contributed by atoms with Crippen LogP contribution in [0.1, 0.15) is 17.2 Å². The third-order valence-electron chi connectivity index (χ3n) is 6.86. The van der Waals surface area contributed by atoms with Gasteiger partial charge in [0, 0.05) is 38.6 Å². The van der Waals surface area contributed by atoms with Crippen LogP contribution in [0.25, 0.3) is 22.4 Å². The number of halogens is 1. The van der Waals surface area contributed by atoms with E-state index in [0.717, 1.165) is 39.8 Å². The minimum Gasteiger partial charge on any atom is -0.496 e. The number of pyridine rings is 1. The van der Waals surface area contributed by atoms with E-state index >= 15 is 0 Å². The van der Waals surface area contributed by atoms with Gasteiger partial charge in [-0.2, -0.15) is 0 Å². The van der Waals surface area contributed by atoms with E-state index in [1.165, 1.54) is 0 Å². The molecular weight excluding hydrogens is 566 g/mol. The molecule has 1 saturated heterocycles. The zero-order valence-electron chi connectivity index (χ0n) is 22.1. The molecule has 3 heterocycles. The molecule has 39 heavy (non-hydrogen) atoms. The number of ether oxygens (including phenoxy) is 3. The molecule has 4 aromatic rings. The molecule has 2 atom stereocenters. The number of fused-ring (bicyclic) bond motifs is 1. The Kier molecular flexibility index (Phi) is 8.22. The summed E-state index contributed by atoms with van der Waals surface area (Å²) in [5.74, 6) is 1.14. The van der Waals surface area contributed by atoms with E-state index in [2.05, 4.69) is 48.2 Å². The van der Waals surface area contributed by atoms with Gasteiger partial charge >= 0.3 is 0 Å². The number of benzene rings is 2. The van der Waals surface area contributed by atoms with Crippen molar-refractivity contribution in [3.63, 3.8) is 0 Å². The van der Waals surface area contributed by atoms with Crippen LogP contribution in [-0.2, 0) is 9.47 Å². The normalized spacial score (nSPS) is 16.4. The molecule has 2 aromatic heterocycles. The van der Waals surface area contributed by atoms with Crippen molar-refractivity contribution in [3.8, 4) is 17.1 Å². The van der Waals surface area contributed by atoms with Crippen molar-refractivity contribution in [1.82, 2.24) is 15.0 Å². The Labute approximate surface area is 234 Å². The van der Waals surface area contributed by atoms with Crippen molar-refractivity contribution in [2.45, 2.75) is 19.1 Å². The second-order valence-corrected chi connectivity index (χ2v) is 10.4. The van der Waals surface area contributed by atoms with Crippen molar-refractivity contribution >= 4 is 38.3 Å². The number of methoxy groups -OCH3 is 2. The van der Waals surface area contributed by atoms with Gasteiger partial charge in [-0.05, 0) is 64.3 Å². The number of hydrogen-bond donors (Lipinski definition) is 4. The van der Waals surface area contributed by atoms with Gasteiger partial charge in [0.1, 0.15) is 17.1 Å². The summed E-state index contributed by atoms with van der Waals surface area (Å²) in [6.45, 7) is 4.90. The molecule has 0 bridgehead atoms. The van der Waals surface area contributed by atoms with Crippen molar-refractivity contribution in [2.75, 3.05) is 57.3 Å². The molecule has 0 aliphatic carbocycles. The number of imidazole rings is 1. The number of anilines is 2. The van der Waals surface area contributed by atoms with E-state index in [1.807, 2.05) is 13.0 Å². The molecule has 206 valence electrons. The van der Waals surface area contributed by atoms with Crippen LogP contribution in [0.3, 0.4) is 0 Å². The van der Waals surface area contributed by atoms with Crippen molar-refractivity contribution in [1.29, 1.82) is 0 Å². The monoisotopic (exact) mass is 597 g/mol. The molecule has 1 aliphatic heterocycles. The Bertz CT molecular complexity index is 1520. The fraction of sp³-hybridized carbons (Fsp3) is 0.357. The fourth-order valence-corrected chi connectivity index (χ4v) is 5.45. The van der Waals surface area contributed by atoms with Crippen LogP contribution in [-0.4, -0.2) is 73.2 Å². The number of aromatic nitrogens is 3. The topological polar surface area (TPSA) is 125 Å². The lowest BCUT2D eigenvalue weighted by molar-refractivity contribution is -0.0100. The van der Waals surface area contributed by atoms with Gasteiger partial charge in [0.2, 0.25) is 0 Å². The number of aliphatic hydroxyl groups excluding tert-OH is 1.